The van der Waals surface area contributed by atoms with E-state index in [0.717, 1.165) is 19.4 Å². The summed E-state index contributed by atoms with van der Waals surface area (Å²) >= 11 is 0. The summed E-state index contributed by atoms with van der Waals surface area (Å²) in [5.41, 5.74) is 0. The van der Waals surface area contributed by atoms with Crippen LogP contribution in [0, 0.1) is 5.92 Å². The molecule has 1 saturated heterocycles. The number of amides is 2. The summed E-state index contributed by atoms with van der Waals surface area (Å²) in [5.74, 6) is 1.63. The molecule has 2 heterocycles. The van der Waals surface area contributed by atoms with Crippen LogP contribution in [0.5, 0.6) is 5.88 Å². The molecule has 20 heavy (non-hydrogen) atoms. The predicted octanol–water partition coefficient (Wildman–Crippen LogP) is 2.28. The van der Waals surface area contributed by atoms with Gasteiger partial charge in [0.1, 0.15) is 12.1 Å². The topological polar surface area (TPSA) is 67.3 Å². The van der Waals surface area contributed by atoms with E-state index in [1.165, 1.54) is 25.6 Å². The van der Waals surface area contributed by atoms with Crippen molar-refractivity contribution in [2.75, 3.05) is 19.0 Å². The van der Waals surface area contributed by atoms with Gasteiger partial charge in [-0.3, -0.25) is 5.32 Å². The first-order chi connectivity index (χ1) is 9.78. The Balaban J connectivity index is 1.68. The number of hydrogen-bond acceptors (Lipinski definition) is 4. The number of carbonyl (C=O) groups is 1. The number of hydrogen-bond donors (Lipinski definition) is 1. The van der Waals surface area contributed by atoms with E-state index in [1.807, 2.05) is 4.90 Å². The Morgan fingerprint density at radius 3 is 3.05 bits per heavy atom. The third-order valence-corrected chi connectivity index (χ3v) is 4.34. The molecular formula is C14H20N4O2. The average Bonchev–Trinajstić information content (AvgIpc) is 2.95. The summed E-state index contributed by atoms with van der Waals surface area (Å²) < 4.78 is 5.04. The third-order valence-electron chi connectivity index (χ3n) is 4.34. The van der Waals surface area contributed by atoms with Gasteiger partial charge >= 0.3 is 6.03 Å². The van der Waals surface area contributed by atoms with Gasteiger partial charge in [-0.05, 0) is 31.6 Å². The molecule has 1 aliphatic heterocycles. The summed E-state index contributed by atoms with van der Waals surface area (Å²) in [4.78, 5) is 22.4. The predicted molar refractivity (Wildman–Crippen MR) is 74.7 cm³/mol. The summed E-state index contributed by atoms with van der Waals surface area (Å²) in [6, 6.07) is 1.99. The first kappa shape index (κ1) is 13.1. The molecule has 6 nitrogen and oxygen atoms in total. The molecule has 0 unspecified atom stereocenters. The SMILES string of the molecule is COc1cc(NC(=O)N2CCC[C@H]3CCC[C@H]32)ncn1. The van der Waals surface area contributed by atoms with Gasteiger partial charge in [-0.25, -0.2) is 14.8 Å². The third kappa shape index (κ3) is 2.55. The number of fused-ring (bicyclic) bond motifs is 1. The molecule has 0 bridgehead atoms. The van der Waals surface area contributed by atoms with Gasteiger partial charge in [0.2, 0.25) is 5.88 Å². The van der Waals surface area contributed by atoms with Crippen LogP contribution >= 0.6 is 0 Å². The molecule has 0 spiro atoms. The molecule has 6 heteroatoms. The quantitative estimate of drug-likeness (QED) is 0.900. The zero-order chi connectivity index (χ0) is 13.9. The number of nitrogens with zero attached hydrogens (tertiary/aromatic N) is 3. The second-order valence-electron chi connectivity index (χ2n) is 5.47. The molecule has 108 valence electrons. The fourth-order valence-corrected chi connectivity index (χ4v) is 3.41. The minimum Gasteiger partial charge on any atom is -0.481 e. The average molecular weight is 276 g/mol. The van der Waals surface area contributed by atoms with Crippen molar-refractivity contribution in [1.29, 1.82) is 0 Å². The minimum atomic E-state index is -0.0534. The van der Waals surface area contributed by atoms with Gasteiger partial charge in [0.05, 0.1) is 7.11 Å². The Bertz CT molecular complexity index is 494. The fraction of sp³-hybridized carbons (Fsp3) is 0.643. The maximum atomic E-state index is 12.4. The van der Waals surface area contributed by atoms with Crippen molar-refractivity contribution in [3.05, 3.63) is 12.4 Å². The second-order valence-corrected chi connectivity index (χ2v) is 5.47. The zero-order valence-electron chi connectivity index (χ0n) is 11.7. The van der Waals surface area contributed by atoms with Crippen molar-refractivity contribution < 1.29 is 9.53 Å². The van der Waals surface area contributed by atoms with Crippen molar-refractivity contribution in [1.82, 2.24) is 14.9 Å². The van der Waals surface area contributed by atoms with E-state index in [4.69, 9.17) is 4.74 Å². The lowest BCUT2D eigenvalue weighted by molar-refractivity contribution is 0.138. The Hall–Kier alpha value is -1.85. The second kappa shape index (κ2) is 5.64. The number of anilines is 1. The number of carbonyl (C=O) groups excluding carboxylic acids is 1. The number of aromatic nitrogens is 2. The van der Waals surface area contributed by atoms with E-state index in [1.54, 1.807) is 13.2 Å². The van der Waals surface area contributed by atoms with Gasteiger partial charge in [0.15, 0.2) is 0 Å². The molecule has 2 amide bonds. The van der Waals surface area contributed by atoms with Crippen LogP contribution in [0.25, 0.3) is 0 Å². The Morgan fingerprint density at radius 1 is 1.35 bits per heavy atom. The maximum Gasteiger partial charge on any atom is 0.323 e. The molecule has 0 aromatic carbocycles. The first-order valence-corrected chi connectivity index (χ1v) is 7.21. The molecule has 1 aromatic heterocycles. The molecule has 2 fully saturated rings. The van der Waals surface area contributed by atoms with Crippen LogP contribution in [0.2, 0.25) is 0 Å². The summed E-state index contributed by atoms with van der Waals surface area (Å²) in [7, 11) is 1.54. The van der Waals surface area contributed by atoms with Crippen LogP contribution in [-0.4, -0.2) is 40.6 Å². The largest absolute Gasteiger partial charge is 0.481 e. The van der Waals surface area contributed by atoms with Crippen molar-refractivity contribution in [3.8, 4) is 5.88 Å². The highest BCUT2D eigenvalue weighted by Crippen LogP contribution is 2.36. The smallest absolute Gasteiger partial charge is 0.323 e. The lowest BCUT2D eigenvalue weighted by atomic mass is 9.92. The normalized spacial score (nSPS) is 25.1. The maximum absolute atomic E-state index is 12.4. The molecule has 1 aliphatic carbocycles. The molecule has 1 N–H and O–H groups in total. The number of nitrogens with one attached hydrogen (secondary N) is 1. The lowest BCUT2D eigenvalue weighted by Crippen LogP contribution is -2.48. The van der Waals surface area contributed by atoms with Gasteiger partial charge in [-0.2, -0.15) is 0 Å². The van der Waals surface area contributed by atoms with Gasteiger partial charge in [0.25, 0.3) is 0 Å². The van der Waals surface area contributed by atoms with Gasteiger partial charge in [-0.15, -0.1) is 0 Å². The van der Waals surface area contributed by atoms with Crippen molar-refractivity contribution in [2.24, 2.45) is 5.92 Å². The van der Waals surface area contributed by atoms with Crippen LogP contribution in [0.4, 0.5) is 10.6 Å². The first-order valence-electron chi connectivity index (χ1n) is 7.21. The molecule has 1 saturated carbocycles. The standard InChI is InChI=1S/C14H20N4O2/c1-20-13-8-12(15-9-16-13)17-14(19)18-7-3-5-10-4-2-6-11(10)18/h8-11H,2-7H2,1H3,(H,15,16,17,19)/t10-,11-/m1/s1. The number of ether oxygens (including phenoxy) is 1. The van der Waals surface area contributed by atoms with Crippen molar-refractivity contribution in [2.45, 2.75) is 38.1 Å². The fourth-order valence-electron chi connectivity index (χ4n) is 3.41. The monoisotopic (exact) mass is 276 g/mol. The van der Waals surface area contributed by atoms with Crippen LogP contribution in [-0.2, 0) is 0 Å². The lowest BCUT2D eigenvalue weighted by Gasteiger charge is -2.37. The zero-order valence-corrected chi connectivity index (χ0v) is 11.7. The molecular weight excluding hydrogens is 256 g/mol. The Morgan fingerprint density at radius 2 is 2.20 bits per heavy atom. The Kier molecular flexibility index (Phi) is 3.71. The van der Waals surface area contributed by atoms with E-state index < -0.39 is 0 Å². The molecule has 2 atom stereocenters. The van der Waals surface area contributed by atoms with Gasteiger partial charge in [-0.1, -0.05) is 6.42 Å². The highest BCUT2D eigenvalue weighted by Gasteiger charge is 2.37. The van der Waals surface area contributed by atoms with E-state index >= 15 is 0 Å². The summed E-state index contributed by atoms with van der Waals surface area (Å²) in [6.07, 6.45) is 7.38. The van der Waals surface area contributed by atoms with Gasteiger partial charge < -0.3 is 9.64 Å². The number of rotatable bonds is 2. The van der Waals surface area contributed by atoms with Gasteiger partial charge in [0, 0.05) is 18.7 Å². The van der Waals surface area contributed by atoms with E-state index in [9.17, 15) is 4.79 Å². The van der Waals surface area contributed by atoms with Crippen LogP contribution in [0.15, 0.2) is 12.4 Å². The summed E-state index contributed by atoms with van der Waals surface area (Å²) in [5, 5.41) is 2.85. The number of likely N-dealkylation sites (tertiary alicyclic amines) is 1. The van der Waals surface area contributed by atoms with Crippen molar-refractivity contribution >= 4 is 11.8 Å². The number of urea groups is 1. The van der Waals surface area contributed by atoms with Crippen LogP contribution < -0.4 is 10.1 Å². The van der Waals surface area contributed by atoms with E-state index in [-0.39, 0.29) is 6.03 Å². The van der Waals surface area contributed by atoms with E-state index in [0.29, 0.717) is 23.7 Å². The molecule has 1 aromatic rings. The van der Waals surface area contributed by atoms with E-state index in [2.05, 4.69) is 15.3 Å². The molecule has 3 rings (SSSR count). The molecule has 2 aliphatic rings. The van der Waals surface area contributed by atoms with Crippen LogP contribution in [0.1, 0.15) is 32.1 Å². The molecule has 0 radical (unpaired) electrons. The highest BCUT2D eigenvalue weighted by atomic mass is 16.5. The minimum absolute atomic E-state index is 0.0534. The summed E-state index contributed by atoms with van der Waals surface area (Å²) in [6.45, 7) is 0.842. The van der Waals surface area contributed by atoms with Crippen molar-refractivity contribution in [3.63, 3.8) is 0 Å². The number of piperidine rings is 1. The number of methoxy groups -OCH3 is 1. The van der Waals surface area contributed by atoms with Crippen LogP contribution in [0.3, 0.4) is 0 Å². The highest BCUT2D eigenvalue weighted by molar-refractivity contribution is 5.88. The Labute approximate surface area is 118 Å².